The minimum absolute atomic E-state index is 1.17. The van der Waals surface area contributed by atoms with Crippen molar-refractivity contribution in [2.24, 2.45) is 0 Å². The van der Waals surface area contributed by atoms with Crippen LogP contribution in [0.2, 0.25) is 0 Å². The summed E-state index contributed by atoms with van der Waals surface area (Å²) in [6, 6.07) is 0. The minimum atomic E-state index is 1.17. The lowest BCUT2D eigenvalue weighted by atomic mass is 10.2. The van der Waals surface area contributed by atoms with E-state index in [1.807, 2.05) is 0 Å². The average Bonchev–Trinajstić information content (AvgIpc) is 2.10. The molecule has 0 radical (unpaired) electrons. The van der Waals surface area contributed by atoms with Crippen LogP contribution in [0.1, 0.15) is 32.6 Å². The molecule has 0 spiro atoms. The van der Waals surface area contributed by atoms with Crippen LogP contribution in [0.4, 0.5) is 0 Å². The van der Waals surface area contributed by atoms with Gasteiger partial charge in [-0.2, -0.15) is 0 Å². The van der Waals surface area contributed by atoms with Crippen molar-refractivity contribution in [3.05, 3.63) is 0 Å². The molecule has 0 aliphatic rings. The van der Waals surface area contributed by atoms with Gasteiger partial charge in [0, 0.05) is 0 Å². The number of quaternary nitrogens is 1. The first-order valence-corrected chi connectivity index (χ1v) is 5.94. The van der Waals surface area contributed by atoms with Crippen LogP contribution in [0, 0.1) is 0 Å². The molecule has 0 N–H and O–H groups in total. The van der Waals surface area contributed by atoms with E-state index in [0.29, 0.717) is 0 Å². The zero-order chi connectivity index (χ0) is 11.0. The lowest BCUT2D eigenvalue weighted by Gasteiger charge is -2.28. The predicted octanol–water partition coefficient (Wildman–Crippen LogP) is 2.20. The summed E-state index contributed by atoms with van der Waals surface area (Å²) in [4.78, 5) is 2.27. The first kappa shape index (κ1) is 13.9. The van der Waals surface area contributed by atoms with Gasteiger partial charge in [0.2, 0.25) is 0 Å². The number of hydrogen-bond donors (Lipinski definition) is 0. The Morgan fingerprint density at radius 3 is 2.00 bits per heavy atom. The van der Waals surface area contributed by atoms with Crippen LogP contribution in [-0.4, -0.2) is 57.2 Å². The van der Waals surface area contributed by atoms with Crippen LogP contribution in [-0.2, 0) is 0 Å². The second-order valence-electron chi connectivity index (χ2n) is 5.19. The minimum Gasteiger partial charge on any atom is -0.329 e. The fraction of sp³-hybridized carbons (Fsp3) is 1.00. The third kappa shape index (κ3) is 8.52. The number of rotatable bonds is 8. The number of hydrogen-bond acceptors (Lipinski definition) is 1. The molecule has 0 fully saturated rings. The standard InChI is InChI=1S/C12H29N2/c1-6-14(4,5)12-10-8-7-9-11-13(2)3/h6-12H2,1-5H3/q+1. The largest absolute Gasteiger partial charge is 0.329 e. The molecule has 0 aromatic rings. The van der Waals surface area contributed by atoms with E-state index in [2.05, 4.69) is 40.0 Å². The third-order valence-corrected chi connectivity index (χ3v) is 2.97. The lowest BCUT2D eigenvalue weighted by Crippen LogP contribution is -2.39. The van der Waals surface area contributed by atoms with Gasteiger partial charge in [-0.3, -0.25) is 0 Å². The Kier molecular flexibility index (Phi) is 7.20. The van der Waals surface area contributed by atoms with Gasteiger partial charge in [-0.1, -0.05) is 6.42 Å². The highest BCUT2D eigenvalue weighted by molar-refractivity contribution is 4.47. The Morgan fingerprint density at radius 2 is 1.50 bits per heavy atom. The van der Waals surface area contributed by atoms with Gasteiger partial charge in [-0.25, -0.2) is 0 Å². The van der Waals surface area contributed by atoms with Crippen LogP contribution in [0.15, 0.2) is 0 Å². The van der Waals surface area contributed by atoms with Gasteiger partial charge in [0.05, 0.1) is 27.2 Å². The van der Waals surface area contributed by atoms with Crippen LogP contribution in [0.25, 0.3) is 0 Å². The summed E-state index contributed by atoms with van der Waals surface area (Å²) in [5.41, 5.74) is 0. The average molecular weight is 201 g/mol. The van der Waals surface area contributed by atoms with Crippen molar-refractivity contribution in [3.8, 4) is 0 Å². The van der Waals surface area contributed by atoms with Crippen LogP contribution in [0.3, 0.4) is 0 Å². The molecular weight excluding hydrogens is 172 g/mol. The first-order chi connectivity index (χ1) is 6.48. The van der Waals surface area contributed by atoms with Crippen LogP contribution in [0.5, 0.6) is 0 Å². The molecular formula is C12H29N2+. The molecule has 0 unspecified atom stereocenters. The summed E-state index contributed by atoms with van der Waals surface area (Å²) in [5.74, 6) is 0. The number of unbranched alkanes of at least 4 members (excludes halogenated alkanes) is 3. The molecule has 0 aromatic heterocycles. The molecule has 0 amide bonds. The van der Waals surface area contributed by atoms with Crippen molar-refractivity contribution < 1.29 is 4.48 Å². The highest BCUT2D eigenvalue weighted by atomic mass is 15.3. The van der Waals surface area contributed by atoms with E-state index in [1.165, 1.54) is 49.8 Å². The fourth-order valence-electron chi connectivity index (χ4n) is 1.48. The van der Waals surface area contributed by atoms with E-state index in [4.69, 9.17) is 0 Å². The summed E-state index contributed by atoms with van der Waals surface area (Å²) in [6.07, 6.45) is 5.53. The molecule has 0 bridgehead atoms. The van der Waals surface area contributed by atoms with E-state index in [-0.39, 0.29) is 0 Å². The van der Waals surface area contributed by atoms with Gasteiger partial charge in [0.15, 0.2) is 0 Å². The third-order valence-electron chi connectivity index (χ3n) is 2.97. The highest BCUT2D eigenvalue weighted by Gasteiger charge is 2.09. The van der Waals surface area contributed by atoms with Crippen molar-refractivity contribution in [1.82, 2.24) is 4.90 Å². The maximum atomic E-state index is 2.32. The van der Waals surface area contributed by atoms with Crippen LogP contribution >= 0.6 is 0 Å². The van der Waals surface area contributed by atoms with Gasteiger partial charge in [0.1, 0.15) is 0 Å². The molecule has 0 heterocycles. The quantitative estimate of drug-likeness (QED) is 0.430. The zero-order valence-electron chi connectivity index (χ0n) is 10.8. The molecule has 0 aromatic carbocycles. The van der Waals surface area contributed by atoms with E-state index in [0.717, 1.165) is 0 Å². The van der Waals surface area contributed by atoms with Crippen molar-refractivity contribution >= 4 is 0 Å². The molecule has 0 aliphatic heterocycles. The Labute approximate surface area is 90.5 Å². The van der Waals surface area contributed by atoms with Crippen molar-refractivity contribution in [3.63, 3.8) is 0 Å². The lowest BCUT2D eigenvalue weighted by molar-refractivity contribution is -0.888. The topological polar surface area (TPSA) is 3.24 Å². The summed E-state index contributed by atoms with van der Waals surface area (Å²) in [6.45, 7) is 6.09. The summed E-state index contributed by atoms with van der Waals surface area (Å²) < 4.78 is 1.17. The SMILES string of the molecule is CC[N+](C)(C)CCCCCCN(C)C. The normalized spacial score (nSPS) is 12.4. The first-order valence-electron chi connectivity index (χ1n) is 5.94. The summed E-state index contributed by atoms with van der Waals surface area (Å²) in [5, 5.41) is 0. The molecule has 0 saturated heterocycles. The molecule has 0 aliphatic carbocycles. The van der Waals surface area contributed by atoms with E-state index in [1.54, 1.807) is 0 Å². The predicted molar refractivity (Wildman–Crippen MR) is 64.5 cm³/mol. The monoisotopic (exact) mass is 201 g/mol. The Balaban J connectivity index is 3.21. The van der Waals surface area contributed by atoms with E-state index < -0.39 is 0 Å². The molecule has 14 heavy (non-hydrogen) atoms. The molecule has 2 heteroatoms. The van der Waals surface area contributed by atoms with Gasteiger partial charge < -0.3 is 9.38 Å². The maximum Gasteiger partial charge on any atom is 0.0782 e. The maximum absolute atomic E-state index is 2.32. The number of nitrogens with zero attached hydrogens (tertiary/aromatic N) is 2. The van der Waals surface area contributed by atoms with Gasteiger partial charge in [0.25, 0.3) is 0 Å². The Bertz CT molecular complexity index is 130. The molecule has 0 saturated carbocycles. The molecule has 2 nitrogen and oxygen atoms in total. The van der Waals surface area contributed by atoms with Gasteiger partial charge in [-0.05, 0) is 46.8 Å². The van der Waals surface area contributed by atoms with Crippen molar-refractivity contribution in [2.45, 2.75) is 32.6 Å². The summed E-state index contributed by atoms with van der Waals surface area (Å²) >= 11 is 0. The molecule has 0 atom stereocenters. The van der Waals surface area contributed by atoms with Crippen LogP contribution < -0.4 is 0 Å². The Hall–Kier alpha value is -0.0800. The Morgan fingerprint density at radius 1 is 0.929 bits per heavy atom. The van der Waals surface area contributed by atoms with E-state index in [9.17, 15) is 0 Å². The van der Waals surface area contributed by atoms with Gasteiger partial charge in [-0.15, -0.1) is 0 Å². The fourth-order valence-corrected chi connectivity index (χ4v) is 1.48. The van der Waals surface area contributed by atoms with Crippen molar-refractivity contribution in [2.75, 3.05) is 47.8 Å². The highest BCUT2D eigenvalue weighted by Crippen LogP contribution is 2.05. The van der Waals surface area contributed by atoms with Crippen molar-refractivity contribution in [1.29, 1.82) is 0 Å². The molecule has 86 valence electrons. The summed E-state index contributed by atoms with van der Waals surface area (Å²) in [7, 11) is 8.94. The molecule has 0 rings (SSSR count). The van der Waals surface area contributed by atoms with E-state index >= 15 is 0 Å². The zero-order valence-corrected chi connectivity index (χ0v) is 10.8. The van der Waals surface area contributed by atoms with Gasteiger partial charge >= 0.3 is 0 Å². The smallest absolute Gasteiger partial charge is 0.0782 e. The second-order valence-corrected chi connectivity index (χ2v) is 5.19. The second kappa shape index (κ2) is 7.24.